The van der Waals surface area contributed by atoms with E-state index in [1.54, 1.807) is 5.41 Å². The number of amides is 2. The van der Waals surface area contributed by atoms with E-state index in [2.05, 4.69) is 36.6 Å². The van der Waals surface area contributed by atoms with Gasteiger partial charge in [-0.3, -0.25) is 14.5 Å². The van der Waals surface area contributed by atoms with Crippen molar-refractivity contribution in [1.29, 1.82) is 0 Å². The van der Waals surface area contributed by atoms with Crippen LogP contribution in [0.15, 0.2) is 51.7 Å². The predicted octanol–water partition coefficient (Wildman–Crippen LogP) is 0.756. The minimum absolute atomic E-state index is 0.0143. The Morgan fingerprint density at radius 3 is 2.93 bits per heavy atom. The third-order valence-corrected chi connectivity index (χ3v) is 9.24. The lowest BCUT2D eigenvalue weighted by Crippen LogP contribution is -2.75. The molecular formula is C24H24N8O6S3. The minimum atomic E-state index is -1.73. The first-order chi connectivity index (χ1) is 19.8. The van der Waals surface area contributed by atoms with Gasteiger partial charge in [-0.25, -0.2) is 4.79 Å². The number of oxime groups is 1. The maximum Gasteiger partial charge on any atom is 0.353 e. The van der Waals surface area contributed by atoms with E-state index >= 15 is 0 Å². The highest BCUT2D eigenvalue weighted by atomic mass is 32.2. The number of carbonyl (C=O) groups is 3. The van der Waals surface area contributed by atoms with E-state index in [1.165, 1.54) is 23.9 Å². The molecule has 0 aromatic carbocycles. The molecule has 0 radical (unpaired) electrons. The van der Waals surface area contributed by atoms with Crippen molar-refractivity contribution in [1.82, 2.24) is 29.8 Å². The number of hydrogen-bond donors (Lipinski definition) is 3. The number of nitrogen functional groups attached to an aromatic ring is 1. The van der Waals surface area contributed by atoms with Crippen LogP contribution in [0.5, 0.6) is 0 Å². The number of fused-ring (bicyclic) bond motifs is 2. The number of nitrogens with zero attached hydrogens (tertiary/aromatic N) is 6. The Balaban J connectivity index is 1.32. The van der Waals surface area contributed by atoms with Gasteiger partial charge in [-0.15, -0.1) is 5.10 Å². The third kappa shape index (κ3) is 5.97. The lowest BCUT2D eigenvalue weighted by Gasteiger charge is -2.48. The molecule has 4 heterocycles. The number of β-lactam (4-membered cyclic amide) rings is 1. The number of hydrogen-bond acceptors (Lipinski definition) is 13. The van der Waals surface area contributed by atoms with Gasteiger partial charge in [0.1, 0.15) is 23.1 Å². The Kier molecular flexibility index (Phi) is 8.67. The molecule has 5 rings (SSSR count). The molecular weight excluding hydrogens is 593 g/mol. The number of thioether (sulfide) groups is 1. The van der Waals surface area contributed by atoms with Crippen molar-refractivity contribution in [3.05, 3.63) is 58.6 Å². The van der Waals surface area contributed by atoms with Gasteiger partial charge in [0.2, 0.25) is 16.9 Å². The number of carboxylic acids is 1. The summed E-state index contributed by atoms with van der Waals surface area (Å²) in [6.07, 6.45) is 6.96. The second kappa shape index (κ2) is 12.4. The molecule has 3 aliphatic rings. The van der Waals surface area contributed by atoms with Gasteiger partial charge < -0.3 is 25.5 Å². The van der Waals surface area contributed by atoms with Crippen LogP contribution in [0.25, 0.3) is 0 Å². The van der Waals surface area contributed by atoms with Gasteiger partial charge in [-0.1, -0.05) is 29.6 Å². The number of aryl methyl sites for hydroxylation is 2. The minimum Gasteiger partial charge on any atom is -0.614 e. The lowest BCUT2D eigenvalue weighted by molar-refractivity contribution is -0.150. The topological polar surface area (TPSA) is 209 Å². The number of nitrogens with two attached hydrogens (primary N) is 1. The van der Waals surface area contributed by atoms with Crippen LogP contribution in [0.3, 0.4) is 0 Å². The van der Waals surface area contributed by atoms with E-state index in [-0.39, 0.29) is 40.3 Å². The Hall–Kier alpha value is -3.80. The number of carboxylic acid groups (broad SMARTS) is 1. The number of nitrogens with one attached hydrogen (secondary N) is 1. The summed E-state index contributed by atoms with van der Waals surface area (Å²) < 4.78 is 17.1. The maximum atomic E-state index is 13.2. The SMILES string of the molecule is C=CCON=C(C(=O)NC1C(=O)N2C(C(=O)O)=C(C=CSc3cc4c(nn3)CCCC4)C[S+]([O-])[C@@H]12)c1nsc(N)n1. The number of anilines is 1. The van der Waals surface area contributed by atoms with Crippen LogP contribution in [0.2, 0.25) is 0 Å². The Bertz CT molecular complexity index is 1490. The summed E-state index contributed by atoms with van der Waals surface area (Å²) in [6, 6.07) is 0.712. The summed E-state index contributed by atoms with van der Waals surface area (Å²) in [7, 11) is 0. The monoisotopic (exact) mass is 616 g/mol. The average Bonchev–Trinajstić information content (AvgIpc) is 3.39. The molecule has 1 fully saturated rings. The van der Waals surface area contributed by atoms with Crippen molar-refractivity contribution < 1.29 is 28.9 Å². The van der Waals surface area contributed by atoms with Crippen LogP contribution in [-0.4, -0.2) is 81.4 Å². The number of allylic oxidation sites excluding steroid dienone is 1. The molecule has 4 N–H and O–H groups in total. The van der Waals surface area contributed by atoms with Gasteiger partial charge in [-0.05, 0) is 60.0 Å². The molecule has 2 amide bonds. The fourth-order valence-electron chi connectivity index (χ4n) is 4.53. The van der Waals surface area contributed by atoms with Gasteiger partial charge in [-0.2, -0.15) is 14.5 Å². The van der Waals surface area contributed by atoms with Gasteiger partial charge in [0.05, 0.1) is 5.69 Å². The molecule has 0 spiro atoms. The first-order valence-corrected chi connectivity index (χ1v) is 15.4. The summed E-state index contributed by atoms with van der Waals surface area (Å²) in [5.74, 6) is -3.23. The van der Waals surface area contributed by atoms with Crippen molar-refractivity contribution in [2.75, 3.05) is 18.1 Å². The van der Waals surface area contributed by atoms with Gasteiger partial charge in [0.25, 0.3) is 11.8 Å². The maximum absolute atomic E-state index is 13.2. The van der Waals surface area contributed by atoms with Gasteiger partial charge in [0, 0.05) is 17.1 Å². The molecule has 3 atom stereocenters. The zero-order chi connectivity index (χ0) is 29.1. The Morgan fingerprint density at radius 2 is 2.20 bits per heavy atom. The van der Waals surface area contributed by atoms with E-state index in [1.807, 2.05) is 6.07 Å². The second-order valence-electron chi connectivity index (χ2n) is 9.02. The first-order valence-electron chi connectivity index (χ1n) is 12.3. The van der Waals surface area contributed by atoms with Crippen LogP contribution < -0.4 is 11.1 Å². The van der Waals surface area contributed by atoms with E-state index in [4.69, 9.17) is 10.6 Å². The van der Waals surface area contributed by atoms with Gasteiger partial charge in [0.15, 0.2) is 11.2 Å². The number of rotatable bonds is 10. The zero-order valence-electron chi connectivity index (χ0n) is 21.4. The second-order valence-corrected chi connectivity index (χ2v) is 12.3. The average molecular weight is 617 g/mol. The molecule has 2 aromatic rings. The predicted molar refractivity (Wildman–Crippen MR) is 151 cm³/mol. The molecule has 17 heteroatoms. The highest BCUT2D eigenvalue weighted by Crippen LogP contribution is 2.37. The lowest BCUT2D eigenvalue weighted by atomic mass is 9.97. The molecule has 0 saturated carbocycles. The summed E-state index contributed by atoms with van der Waals surface area (Å²) in [4.78, 5) is 48.2. The van der Waals surface area contributed by atoms with E-state index < -0.39 is 40.4 Å². The standard InChI is InChI=1S/C24H24N8O6S3/c1-2-8-38-30-16(19-27-24(25)40-31-19)20(33)26-17-21(34)32-18(23(35)36)13(11-41(37)22(17)32)7-9-39-15-10-12-5-3-4-6-14(12)28-29-15/h2,7,9-10,17,22H,1,3-6,8,11H2,(H,26,33)(H,35,36)(H2,25,27,31)/t17?,22-,41?/m0/s1. The third-order valence-electron chi connectivity index (χ3n) is 6.37. The Morgan fingerprint density at radius 1 is 1.39 bits per heavy atom. The Labute approximate surface area is 245 Å². The van der Waals surface area contributed by atoms with E-state index in [0.29, 0.717) is 5.03 Å². The molecule has 1 saturated heterocycles. The van der Waals surface area contributed by atoms with Crippen molar-refractivity contribution in [3.8, 4) is 0 Å². The molecule has 1 aliphatic carbocycles. The quantitative estimate of drug-likeness (QED) is 0.0643. The van der Waals surface area contributed by atoms with Crippen LogP contribution in [0.4, 0.5) is 5.13 Å². The van der Waals surface area contributed by atoms with Crippen molar-refractivity contribution in [3.63, 3.8) is 0 Å². The largest absolute Gasteiger partial charge is 0.614 e. The van der Waals surface area contributed by atoms with Gasteiger partial charge >= 0.3 is 5.97 Å². The van der Waals surface area contributed by atoms with Crippen LogP contribution >= 0.6 is 23.3 Å². The summed E-state index contributed by atoms with van der Waals surface area (Å²) in [6.45, 7) is 3.48. The zero-order valence-corrected chi connectivity index (χ0v) is 23.8. The number of carbonyl (C=O) groups excluding carboxylic acids is 2. The summed E-state index contributed by atoms with van der Waals surface area (Å²) in [5.41, 5.74) is 7.34. The van der Waals surface area contributed by atoms with Crippen LogP contribution in [0.1, 0.15) is 29.9 Å². The van der Waals surface area contributed by atoms with Crippen molar-refractivity contribution >= 4 is 63.1 Å². The molecule has 41 heavy (non-hydrogen) atoms. The normalized spacial score (nSPS) is 22.2. The van der Waals surface area contributed by atoms with E-state index in [9.17, 15) is 24.0 Å². The molecule has 2 aromatic heterocycles. The molecule has 0 bridgehead atoms. The molecule has 14 nitrogen and oxygen atoms in total. The number of aromatic nitrogens is 4. The number of aliphatic carboxylic acids is 1. The summed E-state index contributed by atoms with van der Waals surface area (Å²) >= 11 is 0.356. The van der Waals surface area contributed by atoms with Crippen molar-refractivity contribution in [2.24, 2.45) is 5.16 Å². The molecule has 2 aliphatic heterocycles. The molecule has 2 unspecified atom stereocenters. The van der Waals surface area contributed by atoms with Crippen molar-refractivity contribution in [2.45, 2.75) is 42.1 Å². The molecule has 214 valence electrons. The highest BCUT2D eigenvalue weighted by molar-refractivity contribution is 8.02. The fraction of sp³-hybridized carbons (Fsp3) is 0.333. The smallest absolute Gasteiger partial charge is 0.353 e. The van der Waals surface area contributed by atoms with Crippen LogP contribution in [-0.2, 0) is 43.2 Å². The van der Waals surface area contributed by atoms with Crippen LogP contribution in [0, 0.1) is 0 Å². The first kappa shape index (κ1) is 28.7. The van der Waals surface area contributed by atoms with E-state index in [0.717, 1.165) is 53.4 Å². The highest BCUT2D eigenvalue weighted by Gasteiger charge is 2.61. The summed E-state index contributed by atoms with van der Waals surface area (Å²) in [5, 5.41) is 25.9. The fourth-order valence-corrected chi connectivity index (χ4v) is 7.27.